The molecule has 1 amide bonds. The van der Waals surface area contributed by atoms with E-state index in [1.54, 1.807) is 38.4 Å². The number of benzene rings is 2. The van der Waals surface area contributed by atoms with E-state index in [1.165, 1.54) is 0 Å². The standard InChI is InChI=1S/C23H31N3O4/c1-5-25-10-12-26(13-11-25)19-9-7-6-8-18(19)24-22(27)16-17-14-20(28-2)23(30-4)21(15-17)29-3/h6-9,14-15H,5,10-13,16H2,1-4H3,(H,24,27)/p+1. The van der Waals surface area contributed by atoms with E-state index in [0.29, 0.717) is 17.2 Å². The summed E-state index contributed by atoms with van der Waals surface area (Å²) < 4.78 is 16.1. The Morgan fingerprint density at radius 2 is 1.67 bits per heavy atom. The minimum atomic E-state index is -0.0884. The number of anilines is 2. The number of amides is 1. The van der Waals surface area contributed by atoms with Gasteiger partial charge in [0.2, 0.25) is 11.7 Å². The minimum Gasteiger partial charge on any atom is -0.493 e. The maximum absolute atomic E-state index is 12.8. The third kappa shape index (κ3) is 4.97. The maximum Gasteiger partial charge on any atom is 0.228 e. The van der Waals surface area contributed by atoms with Crippen LogP contribution in [-0.4, -0.2) is 60.0 Å². The van der Waals surface area contributed by atoms with Gasteiger partial charge in [-0.15, -0.1) is 0 Å². The van der Waals surface area contributed by atoms with E-state index in [2.05, 4.69) is 23.2 Å². The molecule has 30 heavy (non-hydrogen) atoms. The van der Waals surface area contributed by atoms with E-state index in [-0.39, 0.29) is 12.3 Å². The molecule has 0 atom stereocenters. The molecule has 0 spiro atoms. The molecule has 162 valence electrons. The highest BCUT2D eigenvalue weighted by atomic mass is 16.5. The number of methoxy groups -OCH3 is 3. The number of nitrogens with zero attached hydrogens (tertiary/aromatic N) is 1. The summed E-state index contributed by atoms with van der Waals surface area (Å²) in [4.78, 5) is 16.8. The van der Waals surface area contributed by atoms with Crippen molar-refractivity contribution >= 4 is 17.3 Å². The van der Waals surface area contributed by atoms with Gasteiger partial charge in [-0.1, -0.05) is 12.1 Å². The third-order valence-corrected chi connectivity index (χ3v) is 5.58. The Balaban J connectivity index is 1.73. The van der Waals surface area contributed by atoms with Gasteiger partial charge in [-0.3, -0.25) is 4.79 Å². The number of para-hydroxylation sites is 2. The quantitative estimate of drug-likeness (QED) is 0.687. The van der Waals surface area contributed by atoms with Crippen LogP contribution in [0.25, 0.3) is 0 Å². The van der Waals surface area contributed by atoms with Crippen molar-refractivity contribution in [2.75, 3.05) is 64.3 Å². The number of quaternary nitrogens is 1. The molecular formula is C23H32N3O4+. The largest absolute Gasteiger partial charge is 0.493 e. The van der Waals surface area contributed by atoms with Crippen LogP contribution < -0.4 is 29.3 Å². The van der Waals surface area contributed by atoms with Gasteiger partial charge in [0, 0.05) is 0 Å². The Bertz CT molecular complexity index is 838. The van der Waals surface area contributed by atoms with Gasteiger partial charge in [0.15, 0.2) is 11.5 Å². The molecule has 1 fully saturated rings. The summed E-state index contributed by atoms with van der Waals surface area (Å²) in [5.41, 5.74) is 2.71. The molecule has 0 saturated carbocycles. The normalized spacial score (nSPS) is 14.3. The number of carbonyl (C=O) groups is 1. The topological polar surface area (TPSA) is 64.5 Å². The summed E-state index contributed by atoms with van der Waals surface area (Å²) in [6, 6.07) is 11.6. The fourth-order valence-electron chi connectivity index (χ4n) is 3.89. The van der Waals surface area contributed by atoms with Crippen molar-refractivity contribution < 1.29 is 23.9 Å². The lowest BCUT2D eigenvalue weighted by Crippen LogP contribution is -3.14. The lowest BCUT2D eigenvalue weighted by molar-refractivity contribution is -0.898. The van der Waals surface area contributed by atoms with Crippen LogP contribution in [0.2, 0.25) is 0 Å². The number of hydrogen-bond acceptors (Lipinski definition) is 5. The van der Waals surface area contributed by atoms with Crippen molar-refractivity contribution in [3.05, 3.63) is 42.0 Å². The van der Waals surface area contributed by atoms with Gasteiger partial charge in [0.1, 0.15) is 0 Å². The summed E-state index contributed by atoms with van der Waals surface area (Å²) in [6.07, 6.45) is 0.207. The van der Waals surface area contributed by atoms with E-state index in [4.69, 9.17) is 14.2 Å². The molecule has 2 aromatic carbocycles. The first-order chi connectivity index (χ1) is 14.6. The number of likely N-dealkylation sites (N-methyl/N-ethyl adjacent to an activating group) is 1. The van der Waals surface area contributed by atoms with Crippen LogP contribution in [0.4, 0.5) is 11.4 Å². The van der Waals surface area contributed by atoms with E-state index in [1.807, 2.05) is 18.2 Å². The average molecular weight is 415 g/mol. The molecule has 1 heterocycles. The van der Waals surface area contributed by atoms with Crippen molar-refractivity contribution in [1.29, 1.82) is 0 Å². The average Bonchev–Trinajstić information content (AvgIpc) is 2.78. The molecule has 0 radical (unpaired) electrons. The molecule has 1 aliphatic rings. The number of hydrogen-bond donors (Lipinski definition) is 2. The Labute approximate surface area is 178 Å². The van der Waals surface area contributed by atoms with Crippen LogP contribution >= 0.6 is 0 Å². The molecule has 7 nitrogen and oxygen atoms in total. The molecule has 7 heteroatoms. The lowest BCUT2D eigenvalue weighted by Gasteiger charge is -2.34. The van der Waals surface area contributed by atoms with Gasteiger partial charge >= 0.3 is 0 Å². The minimum absolute atomic E-state index is 0.0884. The van der Waals surface area contributed by atoms with E-state index in [0.717, 1.165) is 49.7 Å². The molecule has 2 N–H and O–H groups in total. The highest BCUT2D eigenvalue weighted by molar-refractivity contribution is 5.95. The number of carbonyl (C=O) groups excluding carboxylic acids is 1. The summed E-state index contributed by atoms with van der Waals surface area (Å²) >= 11 is 0. The van der Waals surface area contributed by atoms with Crippen LogP contribution in [0.15, 0.2) is 36.4 Å². The summed E-state index contributed by atoms with van der Waals surface area (Å²) in [5, 5.41) is 3.08. The second-order valence-electron chi connectivity index (χ2n) is 7.37. The second-order valence-corrected chi connectivity index (χ2v) is 7.37. The molecule has 1 aliphatic heterocycles. The van der Waals surface area contributed by atoms with Crippen LogP contribution in [0, 0.1) is 0 Å². The van der Waals surface area contributed by atoms with Gasteiger partial charge in [-0.05, 0) is 36.8 Å². The summed E-state index contributed by atoms with van der Waals surface area (Å²) in [5.74, 6) is 1.50. The molecule has 3 rings (SSSR count). The van der Waals surface area contributed by atoms with E-state index < -0.39 is 0 Å². The van der Waals surface area contributed by atoms with Gasteiger partial charge in [-0.25, -0.2) is 0 Å². The third-order valence-electron chi connectivity index (χ3n) is 5.58. The fourth-order valence-corrected chi connectivity index (χ4v) is 3.89. The lowest BCUT2D eigenvalue weighted by atomic mass is 10.1. The molecule has 1 saturated heterocycles. The fraction of sp³-hybridized carbons (Fsp3) is 0.435. The zero-order valence-electron chi connectivity index (χ0n) is 18.3. The summed E-state index contributed by atoms with van der Waals surface area (Å²) in [6.45, 7) is 7.59. The Morgan fingerprint density at radius 1 is 1.03 bits per heavy atom. The van der Waals surface area contributed by atoms with Crippen molar-refractivity contribution in [3.8, 4) is 17.2 Å². The molecule has 0 aliphatic carbocycles. The predicted octanol–water partition coefficient (Wildman–Crippen LogP) is 1.62. The smallest absolute Gasteiger partial charge is 0.228 e. The van der Waals surface area contributed by atoms with E-state index >= 15 is 0 Å². The Kier molecular flexibility index (Phi) is 7.41. The molecule has 2 aromatic rings. The molecular weight excluding hydrogens is 382 g/mol. The van der Waals surface area contributed by atoms with Gasteiger partial charge < -0.3 is 29.3 Å². The number of ether oxygens (including phenoxy) is 3. The van der Waals surface area contributed by atoms with Gasteiger partial charge in [0.25, 0.3) is 0 Å². The van der Waals surface area contributed by atoms with Crippen LogP contribution in [0.3, 0.4) is 0 Å². The Hall–Kier alpha value is -2.93. The first-order valence-corrected chi connectivity index (χ1v) is 10.4. The molecule has 0 unspecified atom stereocenters. The predicted molar refractivity (Wildman–Crippen MR) is 118 cm³/mol. The van der Waals surface area contributed by atoms with Crippen LogP contribution in [-0.2, 0) is 11.2 Å². The SMILES string of the molecule is CC[NH+]1CCN(c2ccccc2NC(=O)Cc2cc(OC)c(OC)c(OC)c2)CC1. The van der Waals surface area contributed by atoms with Crippen molar-refractivity contribution in [3.63, 3.8) is 0 Å². The van der Waals surface area contributed by atoms with E-state index in [9.17, 15) is 4.79 Å². The van der Waals surface area contributed by atoms with Crippen molar-refractivity contribution in [1.82, 2.24) is 0 Å². The van der Waals surface area contributed by atoms with Crippen molar-refractivity contribution in [2.45, 2.75) is 13.3 Å². The molecule has 0 aromatic heterocycles. The zero-order valence-corrected chi connectivity index (χ0v) is 18.3. The zero-order chi connectivity index (χ0) is 21.5. The summed E-state index contributed by atoms with van der Waals surface area (Å²) in [7, 11) is 4.69. The first kappa shape index (κ1) is 21.8. The van der Waals surface area contributed by atoms with Gasteiger partial charge in [0.05, 0.1) is 71.8 Å². The first-order valence-electron chi connectivity index (χ1n) is 10.4. The highest BCUT2D eigenvalue weighted by Crippen LogP contribution is 2.38. The Morgan fingerprint density at radius 3 is 2.23 bits per heavy atom. The van der Waals surface area contributed by atoms with Crippen LogP contribution in [0.1, 0.15) is 12.5 Å². The second kappa shape index (κ2) is 10.2. The highest BCUT2D eigenvalue weighted by Gasteiger charge is 2.21. The van der Waals surface area contributed by atoms with Crippen LogP contribution in [0.5, 0.6) is 17.2 Å². The van der Waals surface area contributed by atoms with Crippen molar-refractivity contribution in [2.24, 2.45) is 0 Å². The number of nitrogens with one attached hydrogen (secondary N) is 2. The maximum atomic E-state index is 12.8. The number of rotatable bonds is 8. The monoisotopic (exact) mass is 414 g/mol. The number of piperazine rings is 1. The molecule has 0 bridgehead atoms. The van der Waals surface area contributed by atoms with Gasteiger partial charge in [-0.2, -0.15) is 0 Å².